The summed E-state index contributed by atoms with van der Waals surface area (Å²) in [5.74, 6) is -2.13. The maximum Gasteiger partial charge on any atom is 0.471 e. The number of carbonyl (C=O) groups excluding carboxylic acids is 1. The summed E-state index contributed by atoms with van der Waals surface area (Å²) in [5, 5.41) is 19.8. The van der Waals surface area contributed by atoms with Crippen molar-refractivity contribution >= 4 is 5.91 Å². The van der Waals surface area contributed by atoms with E-state index in [0.717, 1.165) is 0 Å². The molecule has 1 unspecified atom stereocenters. The maximum absolute atomic E-state index is 12.5. The first-order valence-electron chi connectivity index (χ1n) is 7.70. The minimum absolute atomic E-state index is 0.0218. The lowest BCUT2D eigenvalue weighted by Gasteiger charge is -2.10. The van der Waals surface area contributed by atoms with E-state index in [1.807, 2.05) is 0 Å². The molecule has 27 heavy (non-hydrogen) atoms. The summed E-state index contributed by atoms with van der Waals surface area (Å²) >= 11 is 0. The number of nitrogens with zero attached hydrogens (tertiary/aromatic N) is 4. The third-order valence-corrected chi connectivity index (χ3v) is 3.64. The number of amides is 1. The molecule has 0 saturated carbocycles. The molecule has 11 heteroatoms. The van der Waals surface area contributed by atoms with Crippen LogP contribution in [0.25, 0.3) is 11.4 Å². The summed E-state index contributed by atoms with van der Waals surface area (Å²) in [7, 11) is 1.71. The van der Waals surface area contributed by atoms with E-state index in [4.69, 9.17) is 0 Å². The zero-order chi connectivity index (χ0) is 19.6. The third kappa shape index (κ3) is 4.31. The van der Waals surface area contributed by atoms with Gasteiger partial charge in [-0.25, -0.2) is 0 Å². The first kappa shape index (κ1) is 18.6. The van der Waals surface area contributed by atoms with Crippen molar-refractivity contribution in [2.45, 2.75) is 12.3 Å². The molecule has 8 nitrogen and oxygen atoms in total. The van der Waals surface area contributed by atoms with Crippen molar-refractivity contribution in [3.63, 3.8) is 0 Å². The Balaban J connectivity index is 1.62. The van der Waals surface area contributed by atoms with Crippen molar-refractivity contribution in [1.29, 1.82) is 0 Å². The van der Waals surface area contributed by atoms with Crippen LogP contribution in [0.15, 0.2) is 41.2 Å². The molecule has 1 atom stereocenters. The van der Waals surface area contributed by atoms with Crippen molar-refractivity contribution in [3.8, 4) is 11.4 Å². The minimum atomic E-state index is -4.72. The number of alkyl halides is 3. The molecule has 1 aromatic carbocycles. The molecule has 0 bridgehead atoms. The van der Waals surface area contributed by atoms with Gasteiger partial charge >= 0.3 is 12.1 Å². The molecule has 2 heterocycles. The topological polar surface area (TPSA) is 106 Å². The van der Waals surface area contributed by atoms with E-state index in [2.05, 4.69) is 25.1 Å². The zero-order valence-corrected chi connectivity index (χ0v) is 13.9. The summed E-state index contributed by atoms with van der Waals surface area (Å²) in [5.41, 5.74) is 1.09. The Bertz CT molecular complexity index is 933. The number of aryl methyl sites for hydroxylation is 1. The number of nitrogens with one attached hydrogen (secondary N) is 1. The first-order valence-corrected chi connectivity index (χ1v) is 7.70. The Morgan fingerprint density at radius 2 is 2.04 bits per heavy atom. The van der Waals surface area contributed by atoms with Gasteiger partial charge in [0.1, 0.15) is 0 Å². The summed E-state index contributed by atoms with van der Waals surface area (Å²) in [4.78, 5) is 15.4. The number of hydrogen-bond donors (Lipinski definition) is 2. The summed E-state index contributed by atoms with van der Waals surface area (Å²) in [6, 6.07) is 5.62. The van der Waals surface area contributed by atoms with Crippen LogP contribution >= 0.6 is 0 Å². The van der Waals surface area contributed by atoms with Gasteiger partial charge in [0.05, 0.1) is 12.3 Å². The van der Waals surface area contributed by atoms with E-state index < -0.39 is 24.1 Å². The molecule has 0 aliphatic heterocycles. The molecule has 0 saturated heterocycles. The van der Waals surface area contributed by atoms with E-state index in [0.29, 0.717) is 5.56 Å². The fourth-order valence-electron chi connectivity index (χ4n) is 2.25. The highest BCUT2D eigenvalue weighted by Crippen LogP contribution is 2.29. The molecule has 0 spiro atoms. The Labute approximate surface area is 150 Å². The first-order chi connectivity index (χ1) is 12.7. The standard InChI is InChI=1S/C16H14F3N5O3/c1-24-8-11(6-21-24)12(25)7-20-14(26)10-4-2-9(3-5-10)13-22-15(27-23-13)16(17,18)19/h2-6,8,12,25H,7H2,1H3,(H,20,26). The van der Waals surface area contributed by atoms with Gasteiger partial charge in [0.25, 0.3) is 5.91 Å². The normalized spacial score (nSPS) is 12.8. The number of hydrogen-bond acceptors (Lipinski definition) is 6. The Kier molecular flexibility index (Phi) is 4.95. The predicted octanol–water partition coefficient (Wildman–Crippen LogP) is 1.95. The highest BCUT2D eigenvalue weighted by molar-refractivity contribution is 5.94. The number of aliphatic hydroxyl groups is 1. The van der Waals surface area contributed by atoms with Gasteiger partial charge in [-0.05, 0) is 12.1 Å². The molecule has 2 N–H and O–H groups in total. The average molecular weight is 381 g/mol. The van der Waals surface area contributed by atoms with Gasteiger partial charge in [-0.3, -0.25) is 9.48 Å². The fourth-order valence-corrected chi connectivity index (χ4v) is 2.25. The molecule has 0 aliphatic rings. The number of halogens is 3. The maximum atomic E-state index is 12.5. The molecule has 0 fully saturated rings. The lowest BCUT2D eigenvalue weighted by Crippen LogP contribution is -2.28. The van der Waals surface area contributed by atoms with Crippen LogP contribution in [-0.2, 0) is 13.2 Å². The number of benzene rings is 1. The molecule has 2 aromatic heterocycles. The van der Waals surface area contributed by atoms with Gasteiger partial charge in [0.15, 0.2) is 0 Å². The van der Waals surface area contributed by atoms with Gasteiger partial charge in [-0.2, -0.15) is 23.3 Å². The zero-order valence-electron chi connectivity index (χ0n) is 13.9. The van der Waals surface area contributed by atoms with E-state index in [1.54, 1.807) is 13.2 Å². The molecule has 1 amide bonds. The summed E-state index contributed by atoms with van der Waals surface area (Å²) in [6.07, 6.45) is -2.51. The Hall–Kier alpha value is -3.21. The third-order valence-electron chi connectivity index (χ3n) is 3.64. The van der Waals surface area contributed by atoms with Gasteiger partial charge < -0.3 is 14.9 Å². The van der Waals surface area contributed by atoms with Crippen LogP contribution in [0.4, 0.5) is 13.2 Å². The summed E-state index contributed by atoms with van der Waals surface area (Å²) < 4.78 is 43.2. The van der Waals surface area contributed by atoms with Gasteiger partial charge in [-0.1, -0.05) is 17.3 Å². The van der Waals surface area contributed by atoms with E-state index in [-0.39, 0.29) is 23.5 Å². The minimum Gasteiger partial charge on any atom is -0.386 e. The van der Waals surface area contributed by atoms with Gasteiger partial charge in [0, 0.05) is 36.5 Å². The second-order valence-electron chi connectivity index (χ2n) is 5.67. The molecule has 3 rings (SSSR count). The second-order valence-corrected chi connectivity index (χ2v) is 5.67. The lowest BCUT2D eigenvalue weighted by molar-refractivity contribution is -0.159. The van der Waals surface area contributed by atoms with E-state index in [1.165, 1.54) is 35.1 Å². The lowest BCUT2D eigenvalue weighted by atomic mass is 10.1. The van der Waals surface area contributed by atoms with Crippen LogP contribution in [0.1, 0.15) is 27.9 Å². The van der Waals surface area contributed by atoms with Crippen LogP contribution in [0.5, 0.6) is 0 Å². The number of carbonyl (C=O) groups is 1. The highest BCUT2D eigenvalue weighted by atomic mass is 19.4. The molecule has 0 radical (unpaired) electrons. The molecule has 142 valence electrons. The molecular formula is C16H14F3N5O3. The van der Waals surface area contributed by atoms with Crippen molar-refractivity contribution in [1.82, 2.24) is 25.2 Å². The molecule has 0 aliphatic carbocycles. The average Bonchev–Trinajstić information content (AvgIpc) is 3.28. The highest BCUT2D eigenvalue weighted by Gasteiger charge is 2.38. The predicted molar refractivity (Wildman–Crippen MR) is 85.2 cm³/mol. The van der Waals surface area contributed by atoms with Crippen LogP contribution in [0, 0.1) is 0 Å². The van der Waals surface area contributed by atoms with Crippen molar-refractivity contribution in [3.05, 3.63) is 53.7 Å². The van der Waals surface area contributed by atoms with Crippen molar-refractivity contribution in [2.24, 2.45) is 7.05 Å². The monoisotopic (exact) mass is 381 g/mol. The fraction of sp³-hybridized carbons (Fsp3) is 0.250. The largest absolute Gasteiger partial charge is 0.471 e. The number of rotatable bonds is 5. The van der Waals surface area contributed by atoms with Crippen LogP contribution < -0.4 is 5.32 Å². The Morgan fingerprint density at radius 1 is 1.33 bits per heavy atom. The number of aromatic nitrogens is 4. The smallest absolute Gasteiger partial charge is 0.386 e. The van der Waals surface area contributed by atoms with Crippen molar-refractivity contribution < 1.29 is 27.6 Å². The van der Waals surface area contributed by atoms with E-state index >= 15 is 0 Å². The quantitative estimate of drug-likeness (QED) is 0.700. The van der Waals surface area contributed by atoms with Crippen LogP contribution in [0.3, 0.4) is 0 Å². The van der Waals surface area contributed by atoms with Crippen LogP contribution in [-0.4, -0.2) is 37.5 Å². The number of aliphatic hydroxyl groups excluding tert-OH is 1. The Morgan fingerprint density at radius 3 is 2.59 bits per heavy atom. The van der Waals surface area contributed by atoms with Gasteiger partial charge in [0.2, 0.25) is 5.82 Å². The summed E-state index contributed by atoms with van der Waals surface area (Å²) in [6.45, 7) is -0.0218. The SMILES string of the molecule is Cn1cc(C(O)CNC(=O)c2ccc(-c3noc(C(F)(F)F)n3)cc2)cn1. The van der Waals surface area contributed by atoms with Gasteiger partial charge in [-0.15, -0.1) is 0 Å². The molecular weight excluding hydrogens is 367 g/mol. The van der Waals surface area contributed by atoms with E-state index in [9.17, 15) is 23.1 Å². The second kappa shape index (κ2) is 7.19. The molecule has 3 aromatic rings. The van der Waals surface area contributed by atoms with Crippen molar-refractivity contribution in [2.75, 3.05) is 6.54 Å². The van der Waals surface area contributed by atoms with Crippen LogP contribution in [0.2, 0.25) is 0 Å².